The van der Waals surface area contributed by atoms with Crippen molar-refractivity contribution < 1.29 is 18.0 Å². The van der Waals surface area contributed by atoms with Gasteiger partial charge in [0.15, 0.2) is 0 Å². The van der Waals surface area contributed by atoms with Gasteiger partial charge in [-0.15, -0.1) is 0 Å². The summed E-state index contributed by atoms with van der Waals surface area (Å²) in [6, 6.07) is 3.30. The number of nitrogens with one attached hydrogen (secondary N) is 1. The number of nitrogens with two attached hydrogens (primary N) is 1. The van der Waals surface area contributed by atoms with E-state index in [-0.39, 0.29) is 12.6 Å². The lowest BCUT2D eigenvalue weighted by Crippen LogP contribution is -2.44. The van der Waals surface area contributed by atoms with Gasteiger partial charge in [-0.3, -0.25) is 4.79 Å². The molecule has 1 atom stereocenters. The molecule has 1 aliphatic rings. The Balaban J connectivity index is 1.97. The summed E-state index contributed by atoms with van der Waals surface area (Å²) in [5.41, 5.74) is 5.18. The molecule has 0 aliphatic heterocycles. The molecule has 2 rings (SSSR count). The fourth-order valence-electron chi connectivity index (χ4n) is 1.80. The standard InChI is InChI=1S/C13H15F3N2O/c14-10-5-3-9(4-6-10)13(15,16)12(19)18-7-11(17)8-1-2-8/h3-6,8,11H,1-2,7,17H2,(H,18,19). The van der Waals surface area contributed by atoms with Gasteiger partial charge in [-0.2, -0.15) is 8.78 Å². The summed E-state index contributed by atoms with van der Waals surface area (Å²) in [4.78, 5) is 11.5. The Kier molecular flexibility index (Phi) is 3.80. The number of hydrogen-bond donors (Lipinski definition) is 2. The molecule has 1 saturated carbocycles. The lowest BCUT2D eigenvalue weighted by atomic mass is 10.1. The normalized spacial score (nSPS) is 17.1. The third-order valence-corrected chi connectivity index (χ3v) is 3.22. The van der Waals surface area contributed by atoms with Gasteiger partial charge in [0.2, 0.25) is 0 Å². The molecule has 0 radical (unpaired) electrons. The predicted molar refractivity (Wildman–Crippen MR) is 64.0 cm³/mol. The summed E-state index contributed by atoms with van der Waals surface area (Å²) in [6.07, 6.45) is 1.96. The number of alkyl halides is 2. The van der Waals surface area contributed by atoms with Gasteiger partial charge < -0.3 is 11.1 Å². The largest absolute Gasteiger partial charge is 0.349 e. The molecular weight excluding hydrogens is 257 g/mol. The minimum absolute atomic E-state index is 0.0281. The van der Waals surface area contributed by atoms with Crippen LogP contribution in [0.3, 0.4) is 0 Å². The van der Waals surface area contributed by atoms with Gasteiger partial charge >= 0.3 is 5.92 Å². The number of carbonyl (C=O) groups is 1. The van der Waals surface area contributed by atoms with Crippen LogP contribution in [-0.2, 0) is 10.7 Å². The van der Waals surface area contributed by atoms with Crippen LogP contribution < -0.4 is 11.1 Å². The van der Waals surface area contributed by atoms with Crippen LogP contribution in [0.1, 0.15) is 18.4 Å². The van der Waals surface area contributed by atoms with Gasteiger partial charge in [0.05, 0.1) is 0 Å². The van der Waals surface area contributed by atoms with Crippen LogP contribution in [-0.4, -0.2) is 18.5 Å². The average molecular weight is 272 g/mol. The van der Waals surface area contributed by atoms with Gasteiger partial charge in [-0.25, -0.2) is 4.39 Å². The molecule has 19 heavy (non-hydrogen) atoms. The van der Waals surface area contributed by atoms with E-state index in [1.165, 1.54) is 0 Å². The second-order valence-electron chi connectivity index (χ2n) is 4.79. The van der Waals surface area contributed by atoms with E-state index >= 15 is 0 Å². The second kappa shape index (κ2) is 5.21. The first-order valence-corrected chi connectivity index (χ1v) is 6.09. The van der Waals surface area contributed by atoms with Crippen LogP contribution in [0, 0.1) is 11.7 Å². The summed E-state index contributed by atoms with van der Waals surface area (Å²) in [5, 5.41) is 2.15. The fourth-order valence-corrected chi connectivity index (χ4v) is 1.80. The highest BCUT2D eigenvalue weighted by Crippen LogP contribution is 2.32. The number of hydrogen-bond acceptors (Lipinski definition) is 2. The van der Waals surface area contributed by atoms with Gasteiger partial charge in [-0.05, 0) is 43.0 Å². The van der Waals surface area contributed by atoms with E-state index in [0.717, 1.165) is 37.1 Å². The van der Waals surface area contributed by atoms with Crippen LogP contribution in [0.4, 0.5) is 13.2 Å². The molecule has 1 unspecified atom stereocenters. The first-order chi connectivity index (χ1) is 8.91. The summed E-state index contributed by atoms with van der Waals surface area (Å²) in [6.45, 7) is 0.0281. The Morgan fingerprint density at radius 3 is 2.47 bits per heavy atom. The maximum absolute atomic E-state index is 13.8. The topological polar surface area (TPSA) is 55.1 Å². The van der Waals surface area contributed by atoms with Crippen LogP contribution in [0.5, 0.6) is 0 Å². The number of amides is 1. The first kappa shape index (κ1) is 13.9. The summed E-state index contributed by atoms with van der Waals surface area (Å²) < 4.78 is 40.2. The minimum Gasteiger partial charge on any atom is -0.349 e. The fraction of sp³-hybridized carbons (Fsp3) is 0.462. The maximum Gasteiger partial charge on any atom is 0.349 e. The number of halogens is 3. The van der Waals surface area contributed by atoms with Crippen molar-refractivity contribution >= 4 is 5.91 Å². The molecule has 1 amide bonds. The maximum atomic E-state index is 13.8. The highest BCUT2D eigenvalue weighted by atomic mass is 19.3. The first-order valence-electron chi connectivity index (χ1n) is 6.09. The zero-order valence-corrected chi connectivity index (χ0v) is 10.2. The van der Waals surface area contributed by atoms with Crippen molar-refractivity contribution in [3.8, 4) is 0 Å². The van der Waals surface area contributed by atoms with Crippen molar-refractivity contribution in [1.29, 1.82) is 0 Å². The van der Waals surface area contributed by atoms with E-state index in [4.69, 9.17) is 5.73 Å². The van der Waals surface area contributed by atoms with Crippen molar-refractivity contribution in [2.45, 2.75) is 24.8 Å². The van der Waals surface area contributed by atoms with E-state index in [1.54, 1.807) is 0 Å². The Hall–Kier alpha value is -1.56. The van der Waals surface area contributed by atoms with Crippen LogP contribution >= 0.6 is 0 Å². The molecule has 3 nitrogen and oxygen atoms in total. The molecule has 104 valence electrons. The molecule has 3 N–H and O–H groups in total. The van der Waals surface area contributed by atoms with Crippen molar-refractivity contribution in [2.24, 2.45) is 11.7 Å². The highest BCUT2D eigenvalue weighted by molar-refractivity contribution is 5.84. The highest BCUT2D eigenvalue weighted by Gasteiger charge is 2.41. The molecule has 1 aromatic rings. The quantitative estimate of drug-likeness (QED) is 0.858. The third-order valence-electron chi connectivity index (χ3n) is 3.22. The van der Waals surface area contributed by atoms with Crippen molar-refractivity contribution in [1.82, 2.24) is 5.32 Å². The molecule has 0 spiro atoms. The Bertz CT molecular complexity index is 457. The van der Waals surface area contributed by atoms with Crippen molar-refractivity contribution in [3.05, 3.63) is 35.6 Å². The summed E-state index contributed by atoms with van der Waals surface area (Å²) >= 11 is 0. The third kappa shape index (κ3) is 3.26. The van der Waals surface area contributed by atoms with E-state index in [0.29, 0.717) is 5.92 Å². The van der Waals surface area contributed by atoms with Gasteiger partial charge in [0.25, 0.3) is 5.91 Å². The minimum atomic E-state index is -3.68. The molecular formula is C13H15F3N2O. The van der Waals surface area contributed by atoms with E-state index in [1.807, 2.05) is 0 Å². The van der Waals surface area contributed by atoms with E-state index < -0.39 is 23.2 Å². The smallest absolute Gasteiger partial charge is 0.349 e. The van der Waals surface area contributed by atoms with Gasteiger partial charge in [0.1, 0.15) is 5.82 Å². The van der Waals surface area contributed by atoms with Crippen LogP contribution in [0.2, 0.25) is 0 Å². The van der Waals surface area contributed by atoms with E-state index in [9.17, 15) is 18.0 Å². The monoisotopic (exact) mass is 272 g/mol. The zero-order valence-electron chi connectivity index (χ0n) is 10.2. The molecule has 1 fully saturated rings. The van der Waals surface area contributed by atoms with Crippen molar-refractivity contribution in [3.63, 3.8) is 0 Å². The van der Waals surface area contributed by atoms with Crippen molar-refractivity contribution in [2.75, 3.05) is 6.54 Å². The average Bonchev–Trinajstić information content (AvgIpc) is 3.20. The molecule has 0 bridgehead atoms. The van der Waals surface area contributed by atoms with Crippen LogP contribution in [0.25, 0.3) is 0 Å². The van der Waals surface area contributed by atoms with Crippen LogP contribution in [0.15, 0.2) is 24.3 Å². The molecule has 0 saturated heterocycles. The lowest BCUT2D eigenvalue weighted by molar-refractivity contribution is -0.147. The Morgan fingerprint density at radius 1 is 1.37 bits per heavy atom. The lowest BCUT2D eigenvalue weighted by Gasteiger charge is -2.18. The summed E-state index contributed by atoms with van der Waals surface area (Å²) in [5.74, 6) is -5.40. The molecule has 0 aromatic heterocycles. The zero-order chi connectivity index (χ0) is 14.0. The molecule has 6 heteroatoms. The number of rotatable bonds is 5. The SMILES string of the molecule is NC(CNC(=O)C(F)(F)c1ccc(F)cc1)C1CC1. The van der Waals surface area contributed by atoms with E-state index in [2.05, 4.69) is 5.32 Å². The molecule has 1 aromatic carbocycles. The van der Waals surface area contributed by atoms with Gasteiger partial charge in [0, 0.05) is 18.2 Å². The summed E-state index contributed by atoms with van der Waals surface area (Å²) in [7, 11) is 0. The molecule has 1 aliphatic carbocycles. The Labute approximate surface area is 109 Å². The molecule has 0 heterocycles. The van der Waals surface area contributed by atoms with Gasteiger partial charge in [-0.1, -0.05) is 0 Å². The number of carbonyl (C=O) groups excluding carboxylic acids is 1. The Morgan fingerprint density at radius 2 is 1.95 bits per heavy atom. The predicted octanol–water partition coefficient (Wildman–Crippen LogP) is 1.77. The number of benzene rings is 1. The second-order valence-corrected chi connectivity index (χ2v) is 4.79.